The van der Waals surface area contributed by atoms with E-state index >= 15 is 0 Å². The maximum absolute atomic E-state index is 13.4. The highest BCUT2D eigenvalue weighted by Gasteiger charge is 2.42. The van der Waals surface area contributed by atoms with Crippen LogP contribution in [0.15, 0.2) is 35.5 Å². The van der Waals surface area contributed by atoms with Crippen LogP contribution in [0.25, 0.3) is 0 Å². The third kappa shape index (κ3) is 5.93. The van der Waals surface area contributed by atoms with Gasteiger partial charge in [-0.15, -0.1) is 0 Å². The maximum Gasteiger partial charge on any atom is 0.417 e. The third-order valence-corrected chi connectivity index (χ3v) is 6.66. The summed E-state index contributed by atoms with van der Waals surface area (Å²) in [5.74, 6) is -2.47. The Kier molecular flexibility index (Phi) is 7.09. The van der Waals surface area contributed by atoms with E-state index in [9.17, 15) is 35.3 Å². The van der Waals surface area contributed by atoms with Gasteiger partial charge >= 0.3 is 12.4 Å². The van der Waals surface area contributed by atoms with Crippen LogP contribution in [0.1, 0.15) is 28.8 Å². The van der Waals surface area contributed by atoms with E-state index in [0.717, 1.165) is 12.3 Å². The van der Waals surface area contributed by atoms with Gasteiger partial charge in [-0.2, -0.15) is 26.3 Å². The number of hydrogen-bond acceptors (Lipinski definition) is 5. The number of anilines is 2. The van der Waals surface area contributed by atoms with Crippen LogP contribution in [0, 0.1) is 10.7 Å². The lowest BCUT2D eigenvalue weighted by Gasteiger charge is -2.35. The quantitative estimate of drug-likeness (QED) is 0.490. The maximum atomic E-state index is 13.4. The first-order chi connectivity index (χ1) is 15.6. The van der Waals surface area contributed by atoms with Gasteiger partial charge in [-0.1, -0.05) is 11.6 Å². The summed E-state index contributed by atoms with van der Waals surface area (Å²) in [4.78, 5) is 18.1. The van der Waals surface area contributed by atoms with Gasteiger partial charge in [-0.25, -0.2) is 14.0 Å². The lowest BCUT2D eigenvalue weighted by molar-refractivity contribution is -0.179. The first-order valence-electron chi connectivity index (χ1n) is 9.81. The molecule has 2 aromatic rings. The van der Waals surface area contributed by atoms with Crippen LogP contribution in [-0.4, -0.2) is 40.6 Å². The van der Waals surface area contributed by atoms with E-state index in [1.807, 2.05) is 0 Å². The predicted octanol–water partition coefficient (Wildman–Crippen LogP) is 5.82. The number of amides is 1. The first-order valence-corrected chi connectivity index (χ1v) is 12.2. The zero-order chi connectivity index (χ0) is 25.5. The molecule has 3 rings (SSSR count). The van der Waals surface area contributed by atoms with Crippen LogP contribution in [-0.2, 0) is 15.9 Å². The number of rotatable bonds is 4. The molecule has 186 valence electrons. The minimum absolute atomic E-state index is 0.0783. The smallest absolute Gasteiger partial charge is 0.371 e. The van der Waals surface area contributed by atoms with Crippen molar-refractivity contribution in [3.8, 4) is 0 Å². The average molecular weight is 529 g/mol. The summed E-state index contributed by atoms with van der Waals surface area (Å²) >= 11 is 5.80. The Balaban J connectivity index is 1.98. The molecule has 1 fully saturated rings. The molecule has 1 aliphatic heterocycles. The minimum Gasteiger partial charge on any atom is -0.371 e. The summed E-state index contributed by atoms with van der Waals surface area (Å²) in [5.41, 5.74) is -1.62. The van der Waals surface area contributed by atoms with Gasteiger partial charge in [-0.3, -0.25) is 4.79 Å². The summed E-state index contributed by atoms with van der Waals surface area (Å²) in [6.45, 7) is -0.418. The molecule has 1 amide bonds. The minimum atomic E-state index is -4.85. The van der Waals surface area contributed by atoms with E-state index in [2.05, 4.69) is 10.3 Å². The molecule has 2 N–H and O–H groups in total. The van der Waals surface area contributed by atoms with Gasteiger partial charge in [0.2, 0.25) is 0 Å². The van der Waals surface area contributed by atoms with Crippen LogP contribution in [0.5, 0.6) is 0 Å². The number of aromatic nitrogens is 1. The Hall–Kier alpha value is -2.54. The lowest BCUT2D eigenvalue weighted by Crippen LogP contribution is -2.40. The molecule has 1 aliphatic rings. The molecule has 34 heavy (non-hydrogen) atoms. The molecule has 0 radical (unpaired) electrons. The Bertz CT molecular complexity index is 1190. The summed E-state index contributed by atoms with van der Waals surface area (Å²) < 4.78 is 98.9. The van der Waals surface area contributed by atoms with Crippen molar-refractivity contribution < 1.29 is 35.3 Å². The fourth-order valence-corrected chi connectivity index (χ4v) is 4.45. The van der Waals surface area contributed by atoms with E-state index in [4.69, 9.17) is 16.4 Å². The summed E-state index contributed by atoms with van der Waals surface area (Å²) in [6.07, 6.45) is -7.61. The molecule has 0 spiro atoms. The SMILES string of the molecule is CS(=N)(=O)c1cc(NC(=O)c2cc(Cl)c(C(F)(F)F)cc2N2CCC(C(F)(F)F)CC2)ccn1. The molecule has 1 aromatic carbocycles. The molecule has 0 aliphatic carbocycles. The highest BCUT2D eigenvalue weighted by molar-refractivity contribution is 7.91. The second-order valence-electron chi connectivity index (χ2n) is 7.83. The molecular formula is C20H19ClF6N4O2S. The van der Waals surface area contributed by atoms with Gasteiger partial charge in [0.15, 0.2) is 0 Å². The monoisotopic (exact) mass is 528 g/mol. The molecule has 6 nitrogen and oxygen atoms in total. The summed E-state index contributed by atoms with van der Waals surface area (Å²) in [5, 5.41) is 1.57. The topological polar surface area (TPSA) is 86.2 Å². The zero-order valence-electron chi connectivity index (χ0n) is 17.6. The predicted molar refractivity (Wildman–Crippen MR) is 115 cm³/mol. The van der Waals surface area contributed by atoms with Crippen molar-refractivity contribution in [3.63, 3.8) is 0 Å². The first kappa shape index (κ1) is 26.1. The molecule has 1 aromatic heterocycles. The number of carbonyl (C=O) groups is 1. The highest BCUT2D eigenvalue weighted by atomic mass is 35.5. The van der Waals surface area contributed by atoms with Crippen LogP contribution in [0.4, 0.5) is 37.7 Å². The molecule has 2 heterocycles. The summed E-state index contributed by atoms with van der Waals surface area (Å²) in [7, 11) is -3.21. The normalized spacial score (nSPS) is 17.4. The second kappa shape index (κ2) is 9.25. The number of halogens is 7. The Morgan fingerprint density at radius 2 is 1.79 bits per heavy atom. The highest BCUT2D eigenvalue weighted by Crippen LogP contribution is 2.41. The number of pyridine rings is 1. The van der Waals surface area contributed by atoms with Crippen molar-refractivity contribution in [1.82, 2.24) is 4.98 Å². The lowest BCUT2D eigenvalue weighted by atomic mass is 9.95. The number of nitrogens with zero attached hydrogens (tertiary/aromatic N) is 2. The van der Waals surface area contributed by atoms with Crippen LogP contribution in [0.2, 0.25) is 5.02 Å². The number of nitrogens with one attached hydrogen (secondary N) is 2. The van der Waals surface area contributed by atoms with E-state index in [1.165, 1.54) is 23.2 Å². The van der Waals surface area contributed by atoms with Crippen molar-refractivity contribution in [3.05, 3.63) is 46.6 Å². The van der Waals surface area contributed by atoms with E-state index in [1.54, 1.807) is 0 Å². The van der Waals surface area contributed by atoms with Crippen LogP contribution >= 0.6 is 11.6 Å². The van der Waals surface area contributed by atoms with Gasteiger partial charge in [-0.05, 0) is 37.1 Å². The number of piperidine rings is 1. The Morgan fingerprint density at radius 1 is 1.18 bits per heavy atom. The second-order valence-corrected chi connectivity index (χ2v) is 10.3. The standard InChI is InChI=1S/C20H19ClF6N4O2S/c1-34(28,33)17-8-12(2-5-29-17)30-18(32)13-9-15(21)14(20(25,26)27)10-16(13)31-6-3-11(4-7-31)19(22,23)24/h2,5,8-11,28H,3-4,6-7H2,1H3,(H,29,30,32). The van der Waals surface area contributed by atoms with Crippen molar-refractivity contribution in [2.45, 2.75) is 30.2 Å². The molecule has 1 unspecified atom stereocenters. The molecular weight excluding hydrogens is 510 g/mol. The van der Waals surface area contributed by atoms with Crippen LogP contribution < -0.4 is 10.2 Å². The molecule has 0 bridgehead atoms. The Labute approximate surface area is 196 Å². The number of carbonyl (C=O) groups excluding carboxylic acids is 1. The van der Waals surface area contributed by atoms with Gasteiger partial charge in [0.05, 0.1) is 37.5 Å². The van der Waals surface area contributed by atoms with Crippen molar-refractivity contribution in [2.24, 2.45) is 5.92 Å². The molecule has 1 atom stereocenters. The van der Waals surface area contributed by atoms with Gasteiger partial charge in [0, 0.05) is 31.2 Å². The van der Waals surface area contributed by atoms with E-state index in [0.29, 0.717) is 6.07 Å². The van der Waals surface area contributed by atoms with Gasteiger partial charge < -0.3 is 10.2 Å². The van der Waals surface area contributed by atoms with Crippen LogP contribution in [0.3, 0.4) is 0 Å². The molecule has 14 heteroatoms. The number of alkyl halides is 6. The third-order valence-electron chi connectivity index (χ3n) is 5.33. The van der Waals surface area contributed by atoms with E-state index < -0.39 is 44.5 Å². The fourth-order valence-electron chi connectivity index (χ4n) is 3.57. The summed E-state index contributed by atoms with van der Waals surface area (Å²) in [6, 6.07) is 3.99. The number of benzene rings is 1. The zero-order valence-corrected chi connectivity index (χ0v) is 19.1. The van der Waals surface area contributed by atoms with E-state index in [-0.39, 0.29) is 47.9 Å². The van der Waals surface area contributed by atoms with Crippen molar-refractivity contribution >= 4 is 38.6 Å². The Morgan fingerprint density at radius 3 is 2.32 bits per heavy atom. The van der Waals surface area contributed by atoms with Crippen molar-refractivity contribution in [2.75, 3.05) is 29.6 Å². The molecule has 0 saturated carbocycles. The average Bonchev–Trinajstić information content (AvgIpc) is 2.71. The van der Waals surface area contributed by atoms with Crippen molar-refractivity contribution in [1.29, 1.82) is 4.78 Å². The largest absolute Gasteiger partial charge is 0.417 e. The fraction of sp³-hybridized carbons (Fsp3) is 0.400. The van der Waals surface area contributed by atoms with Gasteiger partial charge in [0.1, 0.15) is 5.03 Å². The molecule has 1 saturated heterocycles. The number of hydrogen-bond donors (Lipinski definition) is 2. The van der Waals surface area contributed by atoms with Gasteiger partial charge in [0.25, 0.3) is 5.91 Å².